The minimum absolute atomic E-state index is 0.716. The summed E-state index contributed by atoms with van der Waals surface area (Å²) in [5.41, 5.74) is 9.86. The standard InChI is InChI=1S/C23H23N3O/c24-19-14-12-18(13-15-19)23-25-21-10-4-5-11-22(21)26(23)16-6-7-17-27-20-8-2-1-3-9-20/h1-5,8-15H,6-7,16-17,24H2. The third-order valence-electron chi connectivity index (χ3n) is 4.61. The van der Waals surface area contributed by atoms with Gasteiger partial charge in [0.15, 0.2) is 0 Å². The van der Waals surface area contributed by atoms with Crippen LogP contribution in [0.3, 0.4) is 0 Å². The summed E-state index contributed by atoms with van der Waals surface area (Å²) in [6.07, 6.45) is 2.01. The summed E-state index contributed by atoms with van der Waals surface area (Å²) in [5, 5.41) is 0. The molecule has 4 heteroatoms. The van der Waals surface area contributed by atoms with E-state index in [9.17, 15) is 0 Å². The number of benzene rings is 3. The summed E-state index contributed by atoms with van der Waals surface area (Å²) in [5.74, 6) is 1.91. The summed E-state index contributed by atoms with van der Waals surface area (Å²) in [6.45, 7) is 1.62. The average molecular weight is 357 g/mol. The normalized spacial score (nSPS) is 11.0. The van der Waals surface area contributed by atoms with E-state index in [-0.39, 0.29) is 0 Å². The van der Waals surface area contributed by atoms with Crippen molar-refractivity contribution in [1.82, 2.24) is 9.55 Å². The van der Waals surface area contributed by atoms with E-state index in [0.717, 1.165) is 53.2 Å². The van der Waals surface area contributed by atoms with Crippen LogP contribution in [0.15, 0.2) is 78.9 Å². The van der Waals surface area contributed by atoms with Gasteiger partial charge in [-0.1, -0.05) is 30.3 Å². The Bertz CT molecular complexity index is 1010. The highest BCUT2D eigenvalue weighted by Gasteiger charge is 2.12. The number of ether oxygens (including phenoxy) is 1. The molecule has 0 bridgehead atoms. The second-order valence-electron chi connectivity index (χ2n) is 6.57. The highest BCUT2D eigenvalue weighted by Crippen LogP contribution is 2.26. The monoisotopic (exact) mass is 357 g/mol. The number of aromatic nitrogens is 2. The summed E-state index contributed by atoms with van der Waals surface area (Å²) in [7, 11) is 0. The molecule has 4 rings (SSSR count). The van der Waals surface area contributed by atoms with Gasteiger partial charge in [-0.2, -0.15) is 0 Å². The Balaban J connectivity index is 1.48. The Morgan fingerprint density at radius 1 is 0.815 bits per heavy atom. The van der Waals surface area contributed by atoms with Crippen molar-refractivity contribution in [2.24, 2.45) is 0 Å². The molecular formula is C23H23N3O. The molecule has 27 heavy (non-hydrogen) atoms. The Morgan fingerprint density at radius 2 is 1.56 bits per heavy atom. The van der Waals surface area contributed by atoms with Crippen molar-refractivity contribution in [1.29, 1.82) is 0 Å². The number of unbranched alkanes of at least 4 members (excludes halogenated alkanes) is 1. The van der Waals surface area contributed by atoms with Crippen molar-refractivity contribution < 1.29 is 4.74 Å². The van der Waals surface area contributed by atoms with Gasteiger partial charge in [0.25, 0.3) is 0 Å². The average Bonchev–Trinajstić information content (AvgIpc) is 3.08. The molecule has 0 saturated heterocycles. The molecule has 0 radical (unpaired) electrons. The fraction of sp³-hybridized carbons (Fsp3) is 0.174. The van der Waals surface area contributed by atoms with E-state index >= 15 is 0 Å². The van der Waals surface area contributed by atoms with Crippen LogP contribution in [-0.2, 0) is 6.54 Å². The predicted octanol–water partition coefficient (Wildman–Crippen LogP) is 5.14. The van der Waals surface area contributed by atoms with Crippen LogP contribution < -0.4 is 10.5 Å². The summed E-state index contributed by atoms with van der Waals surface area (Å²) in [6, 6.07) is 26.1. The molecule has 4 nitrogen and oxygen atoms in total. The number of imidazole rings is 1. The molecule has 136 valence electrons. The van der Waals surface area contributed by atoms with E-state index in [1.807, 2.05) is 60.7 Å². The maximum atomic E-state index is 5.84. The molecule has 0 spiro atoms. The minimum Gasteiger partial charge on any atom is -0.494 e. The minimum atomic E-state index is 0.716. The number of para-hydroxylation sites is 3. The highest BCUT2D eigenvalue weighted by molar-refractivity contribution is 5.80. The number of nitrogen functional groups attached to an aromatic ring is 1. The first-order valence-electron chi connectivity index (χ1n) is 9.30. The van der Waals surface area contributed by atoms with Gasteiger partial charge in [0, 0.05) is 17.8 Å². The molecule has 1 aromatic heterocycles. The van der Waals surface area contributed by atoms with Crippen molar-refractivity contribution in [3.63, 3.8) is 0 Å². The van der Waals surface area contributed by atoms with Crippen molar-refractivity contribution in [3.05, 3.63) is 78.9 Å². The van der Waals surface area contributed by atoms with Crippen LogP contribution in [0.4, 0.5) is 5.69 Å². The lowest BCUT2D eigenvalue weighted by atomic mass is 10.2. The highest BCUT2D eigenvalue weighted by atomic mass is 16.5. The van der Waals surface area contributed by atoms with Crippen LogP contribution in [0.1, 0.15) is 12.8 Å². The number of rotatable bonds is 7. The van der Waals surface area contributed by atoms with Crippen LogP contribution >= 0.6 is 0 Å². The van der Waals surface area contributed by atoms with Gasteiger partial charge in [0.1, 0.15) is 11.6 Å². The smallest absolute Gasteiger partial charge is 0.141 e. The zero-order valence-corrected chi connectivity index (χ0v) is 15.2. The third kappa shape index (κ3) is 3.95. The van der Waals surface area contributed by atoms with Crippen molar-refractivity contribution in [2.75, 3.05) is 12.3 Å². The molecule has 0 saturated carbocycles. The quantitative estimate of drug-likeness (QED) is 0.368. The fourth-order valence-electron chi connectivity index (χ4n) is 3.23. The molecule has 0 fully saturated rings. The molecule has 0 aliphatic carbocycles. The maximum absolute atomic E-state index is 5.84. The van der Waals surface area contributed by atoms with E-state index in [2.05, 4.69) is 22.8 Å². The molecular weight excluding hydrogens is 334 g/mol. The van der Waals surface area contributed by atoms with E-state index in [1.165, 1.54) is 0 Å². The second-order valence-corrected chi connectivity index (χ2v) is 6.57. The topological polar surface area (TPSA) is 53.1 Å². The molecule has 1 heterocycles. The molecule has 3 aromatic carbocycles. The van der Waals surface area contributed by atoms with Crippen LogP contribution in [-0.4, -0.2) is 16.2 Å². The number of anilines is 1. The number of hydrogen-bond acceptors (Lipinski definition) is 3. The molecule has 0 aliphatic rings. The number of nitrogens with zero attached hydrogens (tertiary/aromatic N) is 2. The van der Waals surface area contributed by atoms with Crippen molar-refractivity contribution in [2.45, 2.75) is 19.4 Å². The SMILES string of the molecule is Nc1ccc(-c2nc3ccccc3n2CCCCOc2ccccc2)cc1. The largest absolute Gasteiger partial charge is 0.494 e. The van der Waals surface area contributed by atoms with Crippen molar-refractivity contribution in [3.8, 4) is 17.1 Å². The third-order valence-corrected chi connectivity index (χ3v) is 4.61. The Morgan fingerprint density at radius 3 is 2.37 bits per heavy atom. The van der Waals surface area contributed by atoms with Gasteiger partial charge in [-0.25, -0.2) is 4.98 Å². The van der Waals surface area contributed by atoms with Gasteiger partial charge in [-0.3, -0.25) is 0 Å². The number of fused-ring (bicyclic) bond motifs is 1. The van der Waals surface area contributed by atoms with E-state index < -0.39 is 0 Å². The van der Waals surface area contributed by atoms with Crippen molar-refractivity contribution >= 4 is 16.7 Å². The first kappa shape index (κ1) is 17.2. The van der Waals surface area contributed by atoms with Crippen LogP contribution in [0.5, 0.6) is 5.75 Å². The van der Waals surface area contributed by atoms with E-state index in [1.54, 1.807) is 0 Å². The Labute approximate surface area is 159 Å². The Hall–Kier alpha value is -3.27. The van der Waals surface area contributed by atoms with Gasteiger partial charge in [0.05, 0.1) is 17.6 Å². The summed E-state index contributed by atoms with van der Waals surface area (Å²) in [4.78, 5) is 4.85. The predicted molar refractivity (Wildman–Crippen MR) is 111 cm³/mol. The molecule has 0 atom stereocenters. The Kier molecular flexibility index (Phi) is 5.06. The lowest BCUT2D eigenvalue weighted by Gasteiger charge is -2.10. The van der Waals surface area contributed by atoms with Gasteiger partial charge < -0.3 is 15.0 Å². The van der Waals surface area contributed by atoms with Crippen LogP contribution in [0.2, 0.25) is 0 Å². The van der Waals surface area contributed by atoms with Gasteiger partial charge >= 0.3 is 0 Å². The van der Waals surface area contributed by atoms with Gasteiger partial charge in [-0.15, -0.1) is 0 Å². The lowest BCUT2D eigenvalue weighted by molar-refractivity contribution is 0.303. The number of hydrogen-bond donors (Lipinski definition) is 1. The summed E-state index contributed by atoms with van der Waals surface area (Å²) < 4.78 is 8.10. The van der Waals surface area contributed by atoms with Gasteiger partial charge in [-0.05, 0) is 61.4 Å². The maximum Gasteiger partial charge on any atom is 0.141 e. The molecule has 2 N–H and O–H groups in total. The molecule has 4 aromatic rings. The molecule has 0 unspecified atom stereocenters. The number of aryl methyl sites for hydroxylation is 1. The first-order chi connectivity index (χ1) is 13.3. The second kappa shape index (κ2) is 7.96. The molecule has 0 aliphatic heterocycles. The summed E-state index contributed by atoms with van der Waals surface area (Å²) >= 11 is 0. The zero-order chi connectivity index (χ0) is 18.5. The van der Waals surface area contributed by atoms with Gasteiger partial charge in [0.2, 0.25) is 0 Å². The fourth-order valence-corrected chi connectivity index (χ4v) is 3.23. The number of nitrogens with two attached hydrogens (primary N) is 1. The van der Waals surface area contributed by atoms with E-state index in [4.69, 9.17) is 15.5 Å². The first-order valence-corrected chi connectivity index (χ1v) is 9.30. The zero-order valence-electron chi connectivity index (χ0n) is 15.2. The van der Waals surface area contributed by atoms with E-state index in [0.29, 0.717) is 6.61 Å². The lowest BCUT2D eigenvalue weighted by Crippen LogP contribution is -2.04. The molecule has 0 amide bonds. The van der Waals surface area contributed by atoms with Crippen LogP contribution in [0, 0.1) is 0 Å². The van der Waals surface area contributed by atoms with Crippen LogP contribution in [0.25, 0.3) is 22.4 Å².